The van der Waals surface area contributed by atoms with E-state index in [4.69, 9.17) is 9.47 Å². The van der Waals surface area contributed by atoms with Crippen LogP contribution in [0.3, 0.4) is 0 Å². The first kappa shape index (κ1) is 10.6. The summed E-state index contributed by atoms with van der Waals surface area (Å²) >= 11 is 0. The highest BCUT2D eigenvalue weighted by Crippen LogP contribution is 2.33. The maximum atomic E-state index is 12.2. The van der Waals surface area contributed by atoms with E-state index in [1.54, 1.807) is 0 Å². The summed E-state index contributed by atoms with van der Waals surface area (Å²) in [4.78, 5) is 12.2. The van der Waals surface area contributed by atoms with Gasteiger partial charge in [0.25, 0.3) is 0 Å². The number of ketones is 1. The highest BCUT2D eigenvalue weighted by Gasteiger charge is 2.33. The number of fused-ring (bicyclic) bond motifs is 1. The summed E-state index contributed by atoms with van der Waals surface area (Å²) in [6.07, 6.45) is 3.95. The van der Waals surface area contributed by atoms with E-state index in [0.717, 1.165) is 18.6 Å². The fourth-order valence-corrected chi connectivity index (χ4v) is 2.63. The Labute approximate surface area is 101 Å². The zero-order valence-electron chi connectivity index (χ0n) is 9.72. The van der Waals surface area contributed by atoms with Crippen LogP contribution in [0.1, 0.15) is 25.7 Å². The van der Waals surface area contributed by atoms with Crippen molar-refractivity contribution in [3.8, 4) is 11.5 Å². The lowest BCUT2D eigenvalue weighted by molar-refractivity contribution is -0.132. The minimum Gasteiger partial charge on any atom is -0.485 e. The third-order valence-electron chi connectivity index (χ3n) is 3.58. The van der Waals surface area contributed by atoms with E-state index in [-0.39, 0.29) is 11.7 Å². The van der Waals surface area contributed by atoms with Crippen LogP contribution in [-0.2, 0) is 4.79 Å². The molecule has 1 saturated carbocycles. The minimum absolute atomic E-state index is 0.189. The lowest BCUT2D eigenvalue weighted by atomic mass is 9.98. The third kappa shape index (κ3) is 2.02. The second-order valence-corrected chi connectivity index (χ2v) is 4.75. The molecule has 0 amide bonds. The summed E-state index contributed by atoms with van der Waals surface area (Å²) in [5.74, 6) is 1.84. The first-order chi connectivity index (χ1) is 8.34. The maximum Gasteiger partial charge on any atom is 0.191 e. The standard InChI is InChI=1S/C14H16O3/c15-14(10-5-1-2-6-10)13-9-16-11-7-3-4-8-12(11)17-13/h3-4,7-8,10,13H,1-2,5-6,9H2. The average molecular weight is 232 g/mol. The normalized spacial score (nSPS) is 23.6. The van der Waals surface area contributed by atoms with Gasteiger partial charge in [0, 0.05) is 5.92 Å². The summed E-state index contributed by atoms with van der Waals surface area (Å²) in [5, 5.41) is 0. The molecule has 0 radical (unpaired) electrons. The topological polar surface area (TPSA) is 35.5 Å². The number of benzene rings is 1. The van der Waals surface area contributed by atoms with E-state index >= 15 is 0 Å². The molecule has 0 aromatic heterocycles. The van der Waals surface area contributed by atoms with Gasteiger partial charge >= 0.3 is 0 Å². The molecule has 1 fully saturated rings. The van der Waals surface area contributed by atoms with Crippen molar-refractivity contribution in [2.75, 3.05) is 6.61 Å². The molecule has 1 aromatic rings. The van der Waals surface area contributed by atoms with E-state index in [0.29, 0.717) is 12.4 Å². The number of hydrogen-bond donors (Lipinski definition) is 0. The van der Waals surface area contributed by atoms with Crippen LogP contribution in [0.2, 0.25) is 0 Å². The van der Waals surface area contributed by atoms with Crippen molar-refractivity contribution in [2.24, 2.45) is 5.92 Å². The largest absolute Gasteiger partial charge is 0.485 e. The van der Waals surface area contributed by atoms with Gasteiger partial charge in [0.15, 0.2) is 23.4 Å². The van der Waals surface area contributed by atoms with Crippen molar-refractivity contribution in [3.63, 3.8) is 0 Å². The molecule has 90 valence electrons. The van der Waals surface area contributed by atoms with Crippen molar-refractivity contribution in [1.82, 2.24) is 0 Å². The molecule has 1 atom stereocenters. The van der Waals surface area contributed by atoms with Gasteiger partial charge in [-0.25, -0.2) is 0 Å². The van der Waals surface area contributed by atoms with E-state index < -0.39 is 6.10 Å². The highest BCUT2D eigenvalue weighted by molar-refractivity contribution is 5.86. The summed E-state index contributed by atoms with van der Waals surface area (Å²) in [7, 11) is 0. The molecule has 3 heteroatoms. The van der Waals surface area contributed by atoms with Gasteiger partial charge in [0.2, 0.25) is 0 Å². The SMILES string of the molecule is O=C(C1CCCC1)C1COc2ccccc2O1. The van der Waals surface area contributed by atoms with Gasteiger partial charge < -0.3 is 9.47 Å². The zero-order valence-corrected chi connectivity index (χ0v) is 9.72. The number of para-hydroxylation sites is 2. The molecule has 1 aromatic carbocycles. The van der Waals surface area contributed by atoms with Gasteiger partial charge in [-0.15, -0.1) is 0 Å². The molecule has 0 saturated heterocycles. The lowest BCUT2D eigenvalue weighted by Gasteiger charge is -2.27. The molecule has 1 heterocycles. The monoisotopic (exact) mass is 232 g/mol. The molecule has 0 spiro atoms. The quantitative estimate of drug-likeness (QED) is 0.786. The van der Waals surface area contributed by atoms with Crippen LogP contribution in [0, 0.1) is 5.92 Å². The highest BCUT2D eigenvalue weighted by atomic mass is 16.6. The Balaban J connectivity index is 1.73. The molecule has 17 heavy (non-hydrogen) atoms. The number of Topliss-reactive ketones (excluding diaryl/α,β-unsaturated/α-hetero) is 1. The van der Waals surface area contributed by atoms with Crippen molar-refractivity contribution in [2.45, 2.75) is 31.8 Å². The van der Waals surface area contributed by atoms with Crippen molar-refractivity contribution in [3.05, 3.63) is 24.3 Å². The number of carbonyl (C=O) groups excluding carboxylic acids is 1. The predicted molar refractivity (Wildman–Crippen MR) is 63.3 cm³/mol. The smallest absolute Gasteiger partial charge is 0.191 e. The maximum absolute atomic E-state index is 12.2. The van der Waals surface area contributed by atoms with Crippen molar-refractivity contribution >= 4 is 5.78 Å². The fourth-order valence-electron chi connectivity index (χ4n) is 2.63. The molecule has 1 aliphatic heterocycles. The molecule has 1 aliphatic carbocycles. The molecular formula is C14H16O3. The van der Waals surface area contributed by atoms with Gasteiger partial charge in [-0.1, -0.05) is 25.0 Å². The van der Waals surface area contributed by atoms with Crippen LogP contribution in [0.25, 0.3) is 0 Å². The van der Waals surface area contributed by atoms with E-state index in [2.05, 4.69) is 0 Å². The molecule has 0 bridgehead atoms. The number of hydrogen-bond acceptors (Lipinski definition) is 3. The van der Waals surface area contributed by atoms with Gasteiger partial charge in [-0.05, 0) is 25.0 Å². The Bertz CT molecular complexity index is 421. The Kier molecular flexibility index (Phi) is 2.75. The van der Waals surface area contributed by atoms with Crippen LogP contribution < -0.4 is 9.47 Å². The van der Waals surface area contributed by atoms with Gasteiger partial charge in [0.1, 0.15) is 6.61 Å². The first-order valence-corrected chi connectivity index (χ1v) is 6.27. The van der Waals surface area contributed by atoms with Gasteiger partial charge in [0.05, 0.1) is 0 Å². The average Bonchev–Trinajstić information content (AvgIpc) is 2.91. The predicted octanol–water partition coefficient (Wildman–Crippen LogP) is 2.59. The third-order valence-corrected chi connectivity index (χ3v) is 3.58. The Morgan fingerprint density at radius 1 is 1.12 bits per heavy atom. The molecular weight excluding hydrogens is 216 g/mol. The Hall–Kier alpha value is -1.51. The van der Waals surface area contributed by atoms with Gasteiger partial charge in [-0.3, -0.25) is 4.79 Å². The number of ether oxygens (including phenoxy) is 2. The summed E-state index contributed by atoms with van der Waals surface area (Å²) in [6, 6.07) is 7.51. The first-order valence-electron chi connectivity index (χ1n) is 6.27. The second kappa shape index (κ2) is 4.40. The molecule has 3 rings (SSSR count). The molecule has 0 N–H and O–H groups in total. The molecule has 3 nitrogen and oxygen atoms in total. The van der Waals surface area contributed by atoms with Crippen LogP contribution in [0.15, 0.2) is 24.3 Å². The summed E-state index contributed by atoms with van der Waals surface area (Å²) < 4.78 is 11.3. The summed E-state index contributed by atoms with van der Waals surface area (Å²) in [5.41, 5.74) is 0. The van der Waals surface area contributed by atoms with Crippen LogP contribution in [0.4, 0.5) is 0 Å². The number of rotatable bonds is 2. The van der Waals surface area contributed by atoms with E-state index in [9.17, 15) is 4.79 Å². The summed E-state index contributed by atoms with van der Waals surface area (Å²) in [6.45, 7) is 0.354. The second-order valence-electron chi connectivity index (χ2n) is 4.75. The zero-order chi connectivity index (χ0) is 11.7. The fraction of sp³-hybridized carbons (Fsp3) is 0.500. The minimum atomic E-state index is -0.409. The Morgan fingerprint density at radius 2 is 1.82 bits per heavy atom. The van der Waals surface area contributed by atoms with E-state index in [1.165, 1.54) is 12.8 Å². The Morgan fingerprint density at radius 3 is 2.59 bits per heavy atom. The van der Waals surface area contributed by atoms with Crippen LogP contribution >= 0.6 is 0 Å². The number of carbonyl (C=O) groups is 1. The van der Waals surface area contributed by atoms with Crippen molar-refractivity contribution < 1.29 is 14.3 Å². The van der Waals surface area contributed by atoms with E-state index in [1.807, 2.05) is 24.3 Å². The molecule has 2 aliphatic rings. The lowest BCUT2D eigenvalue weighted by Crippen LogP contribution is -2.39. The van der Waals surface area contributed by atoms with Crippen LogP contribution in [0.5, 0.6) is 11.5 Å². The van der Waals surface area contributed by atoms with Crippen LogP contribution in [-0.4, -0.2) is 18.5 Å². The van der Waals surface area contributed by atoms with Crippen molar-refractivity contribution in [1.29, 1.82) is 0 Å². The molecule has 1 unspecified atom stereocenters. The van der Waals surface area contributed by atoms with Gasteiger partial charge in [-0.2, -0.15) is 0 Å².